The van der Waals surface area contributed by atoms with Crippen molar-refractivity contribution in [3.8, 4) is 11.4 Å². The fraction of sp³-hybridized carbons (Fsp3) is 0.273. The highest BCUT2D eigenvalue weighted by Gasteiger charge is 2.11. The number of halogens is 1. The number of rotatable bonds is 9. The molecule has 152 valence electrons. The van der Waals surface area contributed by atoms with Gasteiger partial charge in [0.05, 0.1) is 22.0 Å². The Hall–Kier alpha value is -2.64. The molecule has 3 aromatic rings. The van der Waals surface area contributed by atoms with E-state index in [-0.39, 0.29) is 5.91 Å². The van der Waals surface area contributed by atoms with Crippen molar-refractivity contribution >= 4 is 27.5 Å². The fourth-order valence-electron chi connectivity index (χ4n) is 2.92. The molecule has 0 aliphatic rings. The quantitative estimate of drug-likeness (QED) is 0.510. The van der Waals surface area contributed by atoms with Gasteiger partial charge >= 0.3 is 0 Å². The molecule has 0 atom stereocenters. The summed E-state index contributed by atoms with van der Waals surface area (Å²) in [6.07, 6.45) is 3.58. The lowest BCUT2D eigenvalue weighted by Crippen LogP contribution is -2.28. The molecule has 7 heteroatoms. The predicted molar refractivity (Wildman–Crippen MR) is 119 cm³/mol. The highest BCUT2D eigenvalue weighted by Crippen LogP contribution is 2.24. The molecule has 1 amide bonds. The molecule has 3 rings (SSSR count). The topological polar surface area (TPSA) is 59.4 Å². The molecule has 0 saturated carbocycles. The van der Waals surface area contributed by atoms with Gasteiger partial charge in [-0.3, -0.25) is 4.79 Å². The van der Waals surface area contributed by atoms with Crippen LogP contribution in [0, 0.1) is 0 Å². The Morgan fingerprint density at radius 2 is 1.86 bits per heavy atom. The smallest absolute Gasteiger partial charge is 0.255 e. The van der Waals surface area contributed by atoms with Gasteiger partial charge in [-0.2, -0.15) is 5.10 Å². The first kappa shape index (κ1) is 21.1. The van der Waals surface area contributed by atoms with Crippen molar-refractivity contribution in [1.29, 1.82) is 0 Å². The average Bonchev–Trinajstić information content (AvgIpc) is 3.19. The minimum Gasteiger partial charge on any atom is -0.490 e. The van der Waals surface area contributed by atoms with Gasteiger partial charge in [-0.25, -0.2) is 4.68 Å². The van der Waals surface area contributed by atoms with E-state index in [9.17, 15) is 4.79 Å². The maximum Gasteiger partial charge on any atom is 0.255 e. The van der Waals surface area contributed by atoms with E-state index in [4.69, 9.17) is 4.74 Å². The molecule has 0 saturated heterocycles. The zero-order chi connectivity index (χ0) is 20.6. The summed E-state index contributed by atoms with van der Waals surface area (Å²) in [7, 11) is 0. The van der Waals surface area contributed by atoms with Crippen molar-refractivity contribution in [3.05, 3.63) is 71.0 Å². The summed E-state index contributed by atoms with van der Waals surface area (Å²) in [5.41, 5.74) is 2.11. The van der Waals surface area contributed by atoms with Crippen LogP contribution in [0.1, 0.15) is 24.2 Å². The fourth-order valence-corrected chi connectivity index (χ4v) is 3.21. The molecule has 0 bridgehead atoms. The standard InChI is InChI=1S/C22H25BrN4O2/c1-3-26(4-2)13-14-29-21-8-6-5-7-20(21)25-22(28)17-9-11-19(12-10-17)27-16-18(23)15-24-27/h5-12,15-16H,3-4,13-14H2,1-2H3,(H,25,28). The first-order valence-corrected chi connectivity index (χ1v) is 10.5. The van der Waals surface area contributed by atoms with E-state index < -0.39 is 0 Å². The van der Waals surface area contributed by atoms with Gasteiger partial charge in [-0.1, -0.05) is 26.0 Å². The molecule has 0 aliphatic heterocycles. The maximum absolute atomic E-state index is 12.7. The summed E-state index contributed by atoms with van der Waals surface area (Å²) in [5.74, 6) is 0.490. The van der Waals surface area contributed by atoms with Crippen LogP contribution in [-0.4, -0.2) is 46.8 Å². The van der Waals surface area contributed by atoms with E-state index in [0.29, 0.717) is 23.6 Å². The zero-order valence-electron chi connectivity index (χ0n) is 16.6. The van der Waals surface area contributed by atoms with Crippen LogP contribution in [0.25, 0.3) is 5.69 Å². The van der Waals surface area contributed by atoms with Gasteiger partial charge in [0.2, 0.25) is 0 Å². The van der Waals surface area contributed by atoms with Crippen molar-refractivity contribution < 1.29 is 9.53 Å². The second-order valence-corrected chi connectivity index (χ2v) is 7.39. The molecule has 1 heterocycles. The summed E-state index contributed by atoms with van der Waals surface area (Å²) in [4.78, 5) is 15.0. The van der Waals surface area contributed by atoms with Crippen molar-refractivity contribution in [3.63, 3.8) is 0 Å². The number of carbonyl (C=O) groups excluding carboxylic acids is 1. The Bertz CT molecular complexity index is 936. The Morgan fingerprint density at radius 3 is 2.52 bits per heavy atom. The number of nitrogens with one attached hydrogen (secondary N) is 1. The summed E-state index contributed by atoms with van der Waals surface area (Å²) in [6.45, 7) is 7.67. The number of hydrogen-bond donors (Lipinski definition) is 1. The Kier molecular flexibility index (Phi) is 7.43. The molecule has 1 N–H and O–H groups in total. The predicted octanol–water partition coefficient (Wildman–Crippen LogP) is 4.61. The number of carbonyl (C=O) groups is 1. The number of aromatic nitrogens is 2. The lowest BCUT2D eigenvalue weighted by molar-refractivity contribution is 0.102. The van der Waals surface area contributed by atoms with Gasteiger partial charge in [-0.05, 0) is 65.4 Å². The number of amides is 1. The second kappa shape index (κ2) is 10.2. The van der Waals surface area contributed by atoms with Gasteiger partial charge in [0.25, 0.3) is 5.91 Å². The van der Waals surface area contributed by atoms with E-state index >= 15 is 0 Å². The SMILES string of the molecule is CCN(CC)CCOc1ccccc1NC(=O)c1ccc(-n2cc(Br)cn2)cc1. The maximum atomic E-state index is 12.7. The molecule has 6 nitrogen and oxygen atoms in total. The number of likely N-dealkylation sites (N-methyl/N-ethyl adjacent to an activating group) is 1. The Balaban J connectivity index is 1.64. The molecule has 2 aromatic carbocycles. The largest absolute Gasteiger partial charge is 0.490 e. The van der Waals surface area contributed by atoms with Crippen molar-refractivity contribution in [2.75, 3.05) is 31.6 Å². The third-order valence-electron chi connectivity index (χ3n) is 4.64. The molecular weight excluding hydrogens is 432 g/mol. The minimum absolute atomic E-state index is 0.182. The average molecular weight is 457 g/mol. The van der Waals surface area contributed by atoms with Crippen LogP contribution in [0.5, 0.6) is 5.75 Å². The van der Waals surface area contributed by atoms with Crippen LogP contribution >= 0.6 is 15.9 Å². The van der Waals surface area contributed by atoms with Crippen LogP contribution in [-0.2, 0) is 0 Å². The highest BCUT2D eigenvalue weighted by atomic mass is 79.9. The number of benzene rings is 2. The van der Waals surface area contributed by atoms with Crippen LogP contribution in [0.3, 0.4) is 0 Å². The van der Waals surface area contributed by atoms with Gasteiger partial charge in [0, 0.05) is 18.3 Å². The van der Waals surface area contributed by atoms with Crippen molar-refractivity contribution in [2.24, 2.45) is 0 Å². The minimum atomic E-state index is -0.182. The van der Waals surface area contributed by atoms with Crippen molar-refractivity contribution in [1.82, 2.24) is 14.7 Å². The molecule has 0 unspecified atom stereocenters. The number of anilines is 1. The van der Waals surface area contributed by atoms with Crippen LogP contribution in [0.4, 0.5) is 5.69 Å². The molecule has 29 heavy (non-hydrogen) atoms. The summed E-state index contributed by atoms with van der Waals surface area (Å²) >= 11 is 3.38. The van der Waals surface area contributed by atoms with Gasteiger partial charge < -0.3 is 15.0 Å². The van der Waals surface area contributed by atoms with Gasteiger partial charge in [0.1, 0.15) is 12.4 Å². The van der Waals surface area contributed by atoms with E-state index in [0.717, 1.165) is 29.8 Å². The highest BCUT2D eigenvalue weighted by molar-refractivity contribution is 9.10. The molecule has 0 radical (unpaired) electrons. The normalized spacial score (nSPS) is 10.9. The van der Waals surface area contributed by atoms with E-state index in [1.54, 1.807) is 23.0 Å². The van der Waals surface area contributed by atoms with E-state index in [2.05, 4.69) is 45.1 Å². The third-order valence-corrected chi connectivity index (χ3v) is 5.05. The molecular formula is C22H25BrN4O2. The molecule has 0 spiro atoms. The summed E-state index contributed by atoms with van der Waals surface area (Å²) in [6, 6.07) is 14.8. The summed E-state index contributed by atoms with van der Waals surface area (Å²) < 4.78 is 8.56. The first-order valence-electron chi connectivity index (χ1n) is 9.66. The van der Waals surface area contributed by atoms with Crippen LogP contribution in [0.2, 0.25) is 0 Å². The monoisotopic (exact) mass is 456 g/mol. The molecule has 0 fully saturated rings. The Morgan fingerprint density at radius 1 is 1.14 bits per heavy atom. The van der Waals surface area contributed by atoms with E-state index in [1.165, 1.54) is 0 Å². The van der Waals surface area contributed by atoms with Crippen molar-refractivity contribution in [2.45, 2.75) is 13.8 Å². The van der Waals surface area contributed by atoms with E-state index in [1.807, 2.05) is 42.6 Å². The third kappa shape index (κ3) is 5.68. The summed E-state index contributed by atoms with van der Waals surface area (Å²) in [5, 5.41) is 7.19. The number of nitrogens with zero attached hydrogens (tertiary/aromatic N) is 3. The molecule has 1 aromatic heterocycles. The van der Waals surface area contributed by atoms with Gasteiger partial charge in [-0.15, -0.1) is 0 Å². The Labute approximate surface area is 179 Å². The number of ether oxygens (including phenoxy) is 1. The zero-order valence-corrected chi connectivity index (χ0v) is 18.2. The van der Waals surface area contributed by atoms with Crippen LogP contribution in [0.15, 0.2) is 65.4 Å². The number of hydrogen-bond acceptors (Lipinski definition) is 4. The number of para-hydroxylation sites is 2. The lowest BCUT2D eigenvalue weighted by atomic mass is 10.2. The molecule has 0 aliphatic carbocycles. The first-order chi connectivity index (χ1) is 14.1. The second-order valence-electron chi connectivity index (χ2n) is 6.48. The van der Waals surface area contributed by atoms with Crippen LogP contribution < -0.4 is 10.1 Å². The lowest BCUT2D eigenvalue weighted by Gasteiger charge is -2.19. The van der Waals surface area contributed by atoms with Gasteiger partial charge in [0.15, 0.2) is 0 Å².